The van der Waals surface area contributed by atoms with Gasteiger partial charge in [-0.1, -0.05) is 18.7 Å². The van der Waals surface area contributed by atoms with Crippen LogP contribution in [0.4, 0.5) is 0 Å². The standard InChI is InChI=1S/C10H18N2O2S/c1-4-11-5-9(13)6-15-10-12-7(2)8(3)14-10/h9,11,13H,4-6H2,1-3H3. The first kappa shape index (κ1) is 12.5. The van der Waals surface area contributed by atoms with Crippen molar-refractivity contribution in [2.24, 2.45) is 0 Å². The van der Waals surface area contributed by atoms with Gasteiger partial charge in [0.1, 0.15) is 5.76 Å². The van der Waals surface area contributed by atoms with Gasteiger partial charge in [-0.3, -0.25) is 0 Å². The van der Waals surface area contributed by atoms with Crippen LogP contribution in [0.25, 0.3) is 0 Å². The van der Waals surface area contributed by atoms with Crippen LogP contribution in [-0.2, 0) is 0 Å². The van der Waals surface area contributed by atoms with E-state index in [1.807, 2.05) is 20.8 Å². The Morgan fingerprint density at radius 1 is 1.53 bits per heavy atom. The maximum absolute atomic E-state index is 9.56. The van der Waals surface area contributed by atoms with Crippen molar-refractivity contribution in [3.05, 3.63) is 11.5 Å². The number of oxazole rings is 1. The van der Waals surface area contributed by atoms with Crippen molar-refractivity contribution < 1.29 is 9.52 Å². The third-order valence-electron chi connectivity index (χ3n) is 2.04. The molecule has 0 saturated heterocycles. The molecule has 0 bridgehead atoms. The van der Waals surface area contributed by atoms with E-state index in [0.29, 0.717) is 17.5 Å². The molecule has 0 radical (unpaired) electrons. The molecule has 0 aliphatic carbocycles. The van der Waals surface area contributed by atoms with Gasteiger partial charge in [0.2, 0.25) is 0 Å². The van der Waals surface area contributed by atoms with E-state index in [9.17, 15) is 5.11 Å². The second-order valence-electron chi connectivity index (χ2n) is 3.39. The summed E-state index contributed by atoms with van der Waals surface area (Å²) < 4.78 is 5.39. The summed E-state index contributed by atoms with van der Waals surface area (Å²) in [5.41, 5.74) is 0.915. The molecule has 1 unspecified atom stereocenters. The Kier molecular flexibility index (Phi) is 5.14. The third kappa shape index (κ3) is 4.24. The fraction of sp³-hybridized carbons (Fsp3) is 0.700. The van der Waals surface area contributed by atoms with Gasteiger partial charge in [-0.05, 0) is 20.4 Å². The van der Waals surface area contributed by atoms with Gasteiger partial charge >= 0.3 is 0 Å². The molecular formula is C10H18N2O2S. The van der Waals surface area contributed by atoms with Crippen molar-refractivity contribution in [3.8, 4) is 0 Å². The molecule has 1 atom stereocenters. The van der Waals surface area contributed by atoms with Crippen LogP contribution in [0.15, 0.2) is 9.64 Å². The van der Waals surface area contributed by atoms with Crippen LogP contribution in [0, 0.1) is 13.8 Å². The summed E-state index contributed by atoms with van der Waals surface area (Å²) in [6.45, 7) is 7.31. The maximum atomic E-state index is 9.56. The minimum Gasteiger partial charge on any atom is -0.437 e. The average Bonchev–Trinajstić information content (AvgIpc) is 2.52. The first-order chi connectivity index (χ1) is 7.13. The molecule has 86 valence electrons. The lowest BCUT2D eigenvalue weighted by atomic mass is 10.4. The van der Waals surface area contributed by atoms with E-state index in [1.54, 1.807) is 0 Å². The van der Waals surface area contributed by atoms with Gasteiger partial charge in [-0.25, -0.2) is 4.98 Å². The summed E-state index contributed by atoms with van der Waals surface area (Å²) in [4.78, 5) is 4.23. The zero-order chi connectivity index (χ0) is 11.3. The number of aromatic nitrogens is 1. The van der Waals surface area contributed by atoms with Gasteiger partial charge in [-0.2, -0.15) is 0 Å². The Balaban J connectivity index is 2.30. The smallest absolute Gasteiger partial charge is 0.256 e. The summed E-state index contributed by atoms with van der Waals surface area (Å²) in [6, 6.07) is 0. The van der Waals surface area contributed by atoms with Crippen molar-refractivity contribution in [3.63, 3.8) is 0 Å². The normalized spacial score (nSPS) is 13.1. The molecule has 2 N–H and O–H groups in total. The maximum Gasteiger partial charge on any atom is 0.256 e. The number of aliphatic hydroxyl groups excluding tert-OH is 1. The van der Waals surface area contributed by atoms with E-state index in [1.165, 1.54) is 11.8 Å². The van der Waals surface area contributed by atoms with Gasteiger partial charge in [0.15, 0.2) is 0 Å². The molecule has 0 amide bonds. The molecule has 0 saturated carbocycles. The number of thioether (sulfide) groups is 1. The Labute approximate surface area is 94.5 Å². The molecule has 0 spiro atoms. The highest BCUT2D eigenvalue weighted by Crippen LogP contribution is 2.20. The number of rotatable bonds is 6. The third-order valence-corrected chi connectivity index (χ3v) is 3.01. The molecule has 1 aromatic heterocycles. The molecule has 1 aromatic rings. The molecule has 0 aromatic carbocycles. The number of nitrogens with one attached hydrogen (secondary N) is 1. The number of hydrogen-bond donors (Lipinski definition) is 2. The Morgan fingerprint density at radius 2 is 2.27 bits per heavy atom. The van der Waals surface area contributed by atoms with Crippen molar-refractivity contribution in [1.82, 2.24) is 10.3 Å². The fourth-order valence-electron chi connectivity index (χ4n) is 1.04. The number of likely N-dealkylation sites (N-methyl/N-ethyl adjacent to an activating group) is 1. The molecule has 5 heteroatoms. The largest absolute Gasteiger partial charge is 0.437 e. The number of aliphatic hydroxyl groups is 1. The minimum absolute atomic E-state index is 0.359. The zero-order valence-corrected chi connectivity index (χ0v) is 10.2. The molecule has 0 aliphatic rings. The van der Waals surface area contributed by atoms with Crippen LogP contribution in [0.3, 0.4) is 0 Å². The molecule has 15 heavy (non-hydrogen) atoms. The van der Waals surface area contributed by atoms with Crippen molar-refractivity contribution >= 4 is 11.8 Å². The number of aryl methyl sites for hydroxylation is 2. The monoisotopic (exact) mass is 230 g/mol. The first-order valence-electron chi connectivity index (χ1n) is 5.09. The zero-order valence-electron chi connectivity index (χ0n) is 9.41. The van der Waals surface area contributed by atoms with Gasteiger partial charge in [-0.15, -0.1) is 0 Å². The topological polar surface area (TPSA) is 58.3 Å². The lowest BCUT2D eigenvalue weighted by Crippen LogP contribution is -2.28. The highest BCUT2D eigenvalue weighted by molar-refractivity contribution is 7.99. The van der Waals surface area contributed by atoms with Gasteiger partial charge in [0.05, 0.1) is 11.8 Å². The summed E-state index contributed by atoms with van der Waals surface area (Å²) in [5, 5.41) is 13.3. The minimum atomic E-state index is -0.359. The van der Waals surface area contributed by atoms with Gasteiger partial charge in [0, 0.05) is 12.3 Å². The number of hydrogen-bond acceptors (Lipinski definition) is 5. The highest BCUT2D eigenvalue weighted by Gasteiger charge is 2.09. The van der Waals surface area contributed by atoms with Crippen LogP contribution in [0.1, 0.15) is 18.4 Å². The number of nitrogens with zero attached hydrogens (tertiary/aromatic N) is 1. The van der Waals surface area contributed by atoms with Gasteiger partial charge < -0.3 is 14.8 Å². The lowest BCUT2D eigenvalue weighted by molar-refractivity contribution is 0.196. The molecule has 1 heterocycles. The lowest BCUT2D eigenvalue weighted by Gasteiger charge is -2.08. The predicted octanol–water partition coefficient (Wildman–Crippen LogP) is 1.35. The van der Waals surface area contributed by atoms with E-state index in [4.69, 9.17) is 4.42 Å². The summed E-state index contributed by atoms with van der Waals surface area (Å²) in [7, 11) is 0. The molecular weight excluding hydrogens is 212 g/mol. The molecule has 1 rings (SSSR count). The quantitative estimate of drug-likeness (QED) is 0.723. The highest BCUT2D eigenvalue weighted by atomic mass is 32.2. The Morgan fingerprint density at radius 3 is 2.80 bits per heavy atom. The van der Waals surface area contributed by atoms with E-state index in [-0.39, 0.29) is 6.10 Å². The predicted molar refractivity (Wildman–Crippen MR) is 61.3 cm³/mol. The van der Waals surface area contributed by atoms with Crippen LogP contribution in [-0.4, -0.2) is 35.0 Å². The summed E-state index contributed by atoms with van der Waals surface area (Å²) in [6.07, 6.45) is -0.359. The van der Waals surface area contributed by atoms with Crippen molar-refractivity contribution in [2.45, 2.75) is 32.1 Å². The van der Waals surface area contributed by atoms with Crippen LogP contribution < -0.4 is 5.32 Å². The SMILES string of the molecule is CCNCC(O)CSc1nc(C)c(C)o1. The van der Waals surface area contributed by atoms with Crippen LogP contribution in [0.5, 0.6) is 0 Å². The van der Waals surface area contributed by atoms with Crippen LogP contribution >= 0.6 is 11.8 Å². The average molecular weight is 230 g/mol. The van der Waals surface area contributed by atoms with Gasteiger partial charge in [0.25, 0.3) is 5.22 Å². The van der Waals surface area contributed by atoms with Crippen molar-refractivity contribution in [1.29, 1.82) is 0 Å². The first-order valence-corrected chi connectivity index (χ1v) is 6.07. The Hall–Kier alpha value is -0.520. The van der Waals surface area contributed by atoms with Crippen LogP contribution in [0.2, 0.25) is 0 Å². The molecule has 0 fully saturated rings. The molecule has 4 nitrogen and oxygen atoms in total. The van der Waals surface area contributed by atoms with E-state index in [2.05, 4.69) is 10.3 Å². The fourth-order valence-corrected chi connectivity index (χ4v) is 1.88. The van der Waals surface area contributed by atoms with E-state index < -0.39 is 0 Å². The van der Waals surface area contributed by atoms with E-state index in [0.717, 1.165) is 18.0 Å². The summed E-state index contributed by atoms with van der Waals surface area (Å²) >= 11 is 1.45. The molecule has 0 aliphatic heterocycles. The van der Waals surface area contributed by atoms with E-state index >= 15 is 0 Å². The second-order valence-corrected chi connectivity index (χ2v) is 4.37. The second kappa shape index (κ2) is 6.15. The summed E-state index contributed by atoms with van der Waals surface area (Å²) in [5.74, 6) is 1.45. The Bertz CT molecular complexity index is 282. The van der Waals surface area contributed by atoms with Crippen molar-refractivity contribution in [2.75, 3.05) is 18.8 Å².